The predicted molar refractivity (Wildman–Crippen MR) is 120 cm³/mol. The highest BCUT2D eigenvalue weighted by molar-refractivity contribution is 7.99. The molecule has 0 aliphatic rings. The molecule has 2 aromatic carbocycles. The topological polar surface area (TPSA) is 123 Å². The van der Waals surface area contributed by atoms with Gasteiger partial charge in [-0.2, -0.15) is 0 Å². The number of nitro groups is 1. The number of thioether (sulfide) groups is 1. The van der Waals surface area contributed by atoms with E-state index in [0.717, 1.165) is 23.9 Å². The highest BCUT2D eigenvalue weighted by atomic mass is 35.5. The fourth-order valence-electron chi connectivity index (χ4n) is 2.64. The number of allylic oxidation sites excluding steroid dienone is 1. The first kappa shape index (κ1) is 22.6. The molecule has 0 fully saturated rings. The van der Waals surface area contributed by atoms with E-state index in [0.29, 0.717) is 23.1 Å². The highest BCUT2D eigenvalue weighted by Crippen LogP contribution is 2.35. The van der Waals surface area contributed by atoms with Crippen LogP contribution >= 0.6 is 35.0 Å². The van der Waals surface area contributed by atoms with Crippen LogP contribution in [-0.4, -0.2) is 36.5 Å². The zero-order chi connectivity index (χ0) is 22.5. The summed E-state index contributed by atoms with van der Waals surface area (Å²) < 4.78 is 1.71. The number of rotatable bonds is 8. The van der Waals surface area contributed by atoms with Gasteiger partial charge in [0.05, 0.1) is 32.0 Å². The van der Waals surface area contributed by atoms with Gasteiger partial charge in [-0.3, -0.25) is 19.5 Å². The Hall–Kier alpha value is -3.08. The Kier molecular flexibility index (Phi) is 7.16. The third kappa shape index (κ3) is 5.16. The number of para-hydroxylation sites is 1. The first-order chi connectivity index (χ1) is 14.8. The van der Waals surface area contributed by atoms with E-state index in [1.165, 1.54) is 0 Å². The molecule has 1 aromatic heterocycles. The zero-order valence-electron chi connectivity index (χ0n) is 15.8. The van der Waals surface area contributed by atoms with Crippen LogP contribution in [0.5, 0.6) is 5.75 Å². The Balaban J connectivity index is 1.76. The third-order valence-corrected chi connectivity index (χ3v) is 5.57. The number of amides is 1. The molecule has 31 heavy (non-hydrogen) atoms. The number of nitrogens with one attached hydrogen (secondary N) is 1. The number of phenols is 1. The summed E-state index contributed by atoms with van der Waals surface area (Å²) in [5, 5.41) is 32.1. The number of carbonyl (C=O) groups is 1. The Morgan fingerprint density at radius 1 is 1.29 bits per heavy atom. The summed E-state index contributed by atoms with van der Waals surface area (Å²) in [5.41, 5.74) is 0.302. The lowest BCUT2D eigenvalue weighted by molar-refractivity contribution is -0.384. The first-order valence-corrected chi connectivity index (χ1v) is 10.4. The summed E-state index contributed by atoms with van der Waals surface area (Å²) in [6.07, 6.45) is 1.65. The Bertz CT molecular complexity index is 1140. The molecule has 0 unspecified atom stereocenters. The number of carbonyl (C=O) groups excluding carboxylic acids is 1. The molecule has 0 spiro atoms. The quantitative estimate of drug-likeness (QED) is 0.206. The van der Waals surface area contributed by atoms with Crippen LogP contribution in [0.25, 0.3) is 11.4 Å². The van der Waals surface area contributed by atoms with Crippen molar-refractivity contribution >= 4 is 52.2 Å². The van der Waals surface area contributed by atoms with Gasteiger partial charge >= 0.3 is 0 Å². The monoisotopic (exact) mass is 479 g/mol. The van der Waals surface area contributed by atoms with Crippen LogP contribution in [0.15, 0.2) is 54.2 Å². The molecule has 3 rings (SSSR count). The third-order valence-electron chi connectivity index (χ3n) is 4.01. The van der Waals surface area contributed by atoms with E-state index in [4.69, 9.17) is 23.2 Å². The fraction of sp³-hybridized carbons (Fsp3) is 0.105. The van der Waals surface area contributed by atoms with Crippen LogP contribution in [0.1, 0.15) is 0 Å². The standard InChI is InChI=1S/C19H15Cl2N5O4S/c1-2-7-25-18(12-5-3-4-6-15(12)27)23-24-19(25)31-10-16(28)22-17-13(20)8-11(26(29)30)9-14(17)21/h2-6,8-9,27H,1,7,10H2,(H,22,28). The van der Waals surface area contributed by atoms with Crippen molar-refractivity contribution in [2.75, 3.05) is 11.1 Å². The van der Waals surface area contributed by atoms with E-state index in [1.54, 1.807) is 34.9 Å². The summed E-state index contributed by atoms with van der Waals surface area (Å²) in [5.74, 6) is -0.0149. The van der Waals surface area contributed by atoms with Gasteiger partial charge in [-0.1, -0.05) is 53.2 Å². The van der Waals surface area contributed by atoms with E-state index >= 15 is 0 Å². The average molecular weight is 480 g/mol. The molecular formula is C19H15Cl2N5O4S. The minimum atomic E-state index is -0.631. The van der Waals surface area contributed by atoms with Crippen molar-refractivity contribution < 1.29 is 14.8 Å². The van der Waals surface area contributed by atoms with Gasteiger partial charge in [0.1, 0.15) is 5.75 Å². The molecule has 2 N–H and O–H groups in total. The van der Waals surface area contributed by atoms with Crippen molar-refractivity contribution in [3.8, 4) is 17.1 Å². The second kappa shape index (κ2) is 9.82. The van der Waals surface area contributed by atoms with Crippen molar-refractivity contribution in [2.24, 2.45) is 0 Å². The lowest BCUT2D eigenvalue weighted by atomic mass is 10.2. The van der Waals surface area contributed by atoms with Gasteiger partial charge in [0.25, 0.3) is 5.69 Å². The molecule has 0 aliphatic heterocycles. The van der Waals surface area contributed by atoms with E-state index in [-0.39, 0.29) is 32.9 Å². The maximum Gasteiger partial charge on any atom is 0.272 e. The Morgan fingerprint density at radius 2 is 1.97 bits per heavy atom. The number of aromatic nitrogens is 3. The fourth-order valence-corrected chi connectivity index (χ4v) is 3.96. The van der Waals surface area contributed by atoms with E-state index in [2.05, 4.69) is 22.1 Å². The van der Waals surface area contributed by atoms with Gasteiger partial charge in [0.15, 0.2) is 11.0 Å². The van der Waals surface area contributed by atoms with Crippen molar-refractivity contribution in [1.29, 1.82) is 0 Å². The van der Waals surface area contributed by atoms with Crippen LogP contribution in [0.4, 0.5) is 11.4 Å². The summed E-state index contributed by atoms with van der Waals surface area (Å²) >= 11 is 13.2. The number of hydrogen-bond donors (Lipinski definition) is 2. The smallest absolute Gasteiger partial charge is 0.272 e. The molecule has 0 bridgehead atoms. The second-order valence-corrected chi connectivity index (χ2v) is 7.86. The molecule has 0 saturated heterocycles. The summed E-state index contributed by atoms with van der Waals surface area (Å²) in [4.78, 5) is 22.6. The summed E-state index contributed by atoms with van der Waals surface area (Å²) in [7, 11) is 0. The average Bonchev–Trinajstić information content (AvgIpc) is 3.12. The molecule has 0 radical (unpaired) electrons. The molecule has 9 nitrogen and oxygen atoms in total. The SMILES string of the molecule is C=CCn1c(SCC(=O)Nc2c(Cl)cc([N+](=O)[O-])cc2Cl)nnc1-c1ccccc1O. The number of non-ortho nitro benzene ring substituents is 1. The first-order valence-electron chi connectivity index (χ1n) is 8.70. The molecule has 1 heterocycles. The van der Waals surface area contributed by atoms with Gasteiger partial charge in [-0.25, -0.2) is 0 Å². The molecule has 160 valence electrons. The minimum Gasteiger partial charge on any atom is -0.507 e. The molecule has 12 heteroatoms. The second-order valence-electron chi connectivity index (χ2n) is 6.10. The number of anilines is 1. The number of nitrogens with zero attached hydrogens (tertiary/aromatic N) is 4. The largest absolute Gasteiger partial charge is 0.507 e. The van der Waals surface area contributed by atoms with Gasteiger partial charge in [0.2, 0.25) is 5.91 Å². The minimum absolute atomic E-state index is 0.0470. The van der Waals surface area contributed by atoms with Crippen molar-refractivity contribution in [2.45, 2.75) is 11.7 Å². The molecule has 0 saturated carbocycles. The van der Waals surface area contributed by atoms with Gasteiger partial charge in [-0.15, -0.1) is 16.8 Å². The normalized spacial score (nSPS) is 10.6. The molecule has 1 amide bonds. The van der Waals surface area contributed by atoms with Crippen LogP contribution in [0, 0.1) is 10.1 Å². The highest BCUT2D eigenvalue weighted by Gasteiger charge is 2.19. The summed E-state index contributed by atoms with van der Waals surface area (Å²) in [6.45, 7) is 4.08. The van der Waals surface area contributed by atoms with Crippen LogP contribution < -0.4 is 5.32 Å². The summed E-state index contributed by atoms with van der Waals surface area (Å²) in [6, 6.07) is 8.92. The van der Waals surface area contributed by atoms with Crippen LogP contribution in [0.2, 0.25) is 10.0 Å². The number of nitro benzene ring substituents is 1. The van der Waals surface area contributed by atoms with Crippen molar-refractivity contribution in [3.05, 3.63) is 69.2 Å². The lowest BCUT2D eigenvalue weighted by Gasteiger charge is -2.10. The number of halogens is 2. The Labute approximate surface area is 190 Å². The number of hydrogen-bond acceptors (Lipinski definition) is 7. The molecule has 0 atom stereocenters. The maximum absolute atomic E-state index is 12.4. The maximum atomic E-state index is 12.4. The number of phenolic OH excluding ortho intramolecular Hbond substituents is 1. The lowest BCUT2D eigenvalue weighted by Crippen LogP contribution is -2.15. The Morgan fingerprint density at radius 3 is 2.58 bits per heavy atom. The van der Waals surface area contributed by atoms with Gasteiger partial charge < -0.3 is 10.4 Å². The van der Waals surface area contributed by atoms with Crippen LogP contribution in [-0.2, 0) is 11.3 Å². The van der Waals surface area contributed by atoms with Gasteiger partial charge in [-0.05, 0) is 12.1 Å². The molecule has 3 aromatic rings. The molecular weight excluding hydrogens is 465 g/mol. The van der Waals surface area contributed by atoms with E-state index in [9.17, 15) is 20.0 Å². The van der Waals surface area contributed by atoms with Crippen molar-refractivity contribution in [3.63, 3.8) is 0 Å². The number of aromatic hydroxyl groups is 1. The molecule has 0 aliphatic carbocycles. The number of benzene rings is 2. The van der Waals surface area contributed by atoms with Gasteiger partial charge in [0, 0.05) is 18.7 Å². The predicted octanol–water partition coefficient (Wildman–Crippen LogP) is 4.78. The van der Waals surface area contributed by atoms with E-state index in [1.807, 2.05) is 0 Å². The zero-order valence-corrected chi connectivity index (χ0v) is 18.1. The van der Waals surface area contributed by atoms with E-state index < -0.39 is 10.8 Å². The van der Waals surface area contributed by atoms with Crippen LogP contribution in [0.3, 0.4) is 0 Å². The van der Waals surface area contributed by atoms with Crippen molar-refractivity contribution in [1.82, 2.24) is 14.8 Å².